The molecule has 3 aromatic rings. The van der Waals surface area contributed by atoms with Gasteiger partial charge in [0.25, 0.3) is 0 Å². The largest absolute Gasteiger partial charge is 0.473 e. The molecule has 9 heteroatoms. The number of carboxylic acid groups (broad SMARTS) is 2. The molecule has 0 radical (unpaired) electrons. The molecule has 0 spiro atoms. The van der Waals surface area contributed by atoms with E-state index in [4.69, 9.17) is 41.1 Å². The number of aryl methyl sites for hydroxylation is 2. The van der Waals surface area contributed by atoms with Crippen molar-refractivity contribution in [3.8, 4) is 11.3 Å². The number of piperidine rings is 1. The Labute approximate surface area is 208 Å². The van der Waals surface area contributed by atoms with E-state index in [1.165, 1.54) is 11.1 Å². The number of halogens is 1. The van der Waals surface area contributed by atoms with Gasteiger partial charge in [-0.25, -0.2) is 14.6 Å². The Morgan fingerprint density at radius 2 is 1.66 bits per heavy atom. The normalized spacial score (nSPS) is 17.9. The van der Waals surface area contributed by atoms with E-state index < -0.39 is 11.9 Å². The van der Waals surface area contributed by atoms with Crippen molar-refractivity contribution >= 4 is 23.5 Å². The van der Waals surface area contributed by atoms with Gasteiger partial charge in [0.2, 0.25) is 0 Å². The summed E-state index contributed by atoms with van der Waals surface area (Å²) in [5, 5.41) is 15.5. The van der Waals surface area contributed by atoms with Crippen molar-refractivity contribution in [1.82, 2.24) is 14.5 Å². The number of aliphatic carboxylic acids is 2. The van der Waals surface area contributed by atoms with E-state index in [-0.39, 0.29) is 12.2 Å². The molecule has 8 nitrogen and oxygen atoms in total. The van der Waals surface area contributed by atoms with Crippen LogP contribution in [0.1, 0.15) is 35.9 Å². The molecule has 1 unspecified atom stereocenters. The topological polar surface area (TPSA) is 105 Å². The van der Waals surface area contributed by atoms with E-state index in [1.807, 2.05) is 24.3 Å². The van der Waals surface area contributed by atoms with Gasteiger partial charge >= 0.3 is 11.9 Å². The second-order valence-electron chi connectivity index (χ2n) is 8.76. The van der Waals surface area contributed by atoms with Crippen LogP contribution in [0.3, 0.4) is 0 Å². The van der Waals surface area contributed by atoms with Crippen molar-refractivity contribution in [3.05, 3.63) is 76.7 Å². The Morgan fingerprint density at radius 1 is 1.00 bits per heavy atom. The molecule has 0 aliphatic carbocycles. The molecule has 2 aromatic carbocycles. The maximum atomic E-state index is 9.10. The monoisotopic (exact) mass is 497 g/mol. The minimum absolute atomic E-state index is 0.122. The average molecular weight is 498 g/mol. The van der Waals surface area contributed by atoms with E-state index in [0.29, 0.717) is 0 Å². The van der Waals surface area contributed by atoms with Crippen molar-refractivity contribution < 1.29 is 24.5 Å². The summed E-state index contributed by atoms with van der Waals surface area (Å²) < 4.78 is 9.03. The summed E-state index contributed by atoms with van der Waals surface area (Å²) in [6.45, 7) is 3.09. The molecule has 1 saturated heterocycles. The zero-order valence-electron chi connectivity index (χ0n) is 19.4. The highest BCUT2D eigenvalue weighted by Crippen LogP contribution is 2.36. The number of hydrogen-bond donors (Lipinski definition) is 2. The van der Waals surface area contributed by atoms with Gasteiger partial charge in [-0.2, -0.15) is 0 Å². The minimum atomic E-state index is -1.82. The Hall–Kier alpha value is -3.20. The van der Waals surface area contributed by atoms with Gasteiger partial charge in [0.1, 0.15) is 11.9 Å². The van der Waals surface area contributed by atoms with Gasteiger partial charge in [0.05, 0.1) is 11.8 Å². The summed E-state index contributed by atoms with van der Waals surface area (Å²) in [6, 6.07) is 16.6. The predicted molar refractivity (Wildman–Crippen MR) is 132 cm³/mol. The SMILES string of the molecule is CN1CCC(OC2c3ccccc3CCn3cc(-c4ccc(Cl)cc4)nc32)CC1.O=C(O)C(=O)O. The van der Waals surface area contributed by atoms with Gasteiger partial charge in [-0.3, -0.25) is 0 Å². The standard InChI is InChI=1S/C24H26ClN3O.C2H2O4/c1-27-13-11-20(12-14-27)29-23-21-5-3-2-4-17(21)10-15-28-16-22(26-24(23)28)18-6-8-19(25)9-7-18;3-1(4)2(5)6/h2-9,16,20,23H,10-15H2,1H3;(H,3,4)(H,5,6). The maximum absolute atomic E-state index is 9.10. The van der Waals surface area contributed by atoms with Crippen LogP contribution in [0.5, 0.6) is 0 Å². The third-order valence-electron chi connectivity index (χ3n) is 6.32. The smallest absolute Gasteiger partial charge is 0.414 e. The number of imidazole rings is 1. The molecular formula is C26H28ClN3O5. The third kappa shape index (κ3) is 6.08. The van der Waals surface area contributed by atoms with Gasteiger partial charge in [-0.1, -0.05) is 48.0 Å². The van der Waals surface area contributed by atoms with Crippen LogP contribution >= 0.6 is 11.6 Å². The number of rotatable bonds is 3. The van der Waals surface area contributed by atoms with Crippen molar-refractivity contribution in [2.75, 3.05) is 20.1 Å². The quantitative estimate of drug-likeness (QED) is 0.524. The highest BCUT2D eigenvalue weighted by atomic mass is 35.5. The molecule has 5 rings (SSSR count). The van der Waals surface area contributed by atoms with Crippen LogP contribution in [0.15, 0.2) is 54.7 Å². The van der Waals surface area contributed by atoms with Crippen molar-refractivity contribution in [1.29, 1.82) is 0 Å². The fourth-order valence-electron chi connectivity index (χ4n) is 4.42. The van der Waals surface area contributed by atoms with Gasteiger partial charge in [-0.05, 0) is 49.6 Å². The van der Waals surface area contributed by atoms with Gasteiger partial charge in [0, 0.05) is 36.4 Å². The Kier molecular flexibility index (Phi) is 7.85. The lowest BCUT2D eigenvalue weighted by Gasteiger charge is -2.32. The molecule has 0 bridgehead atoms. The first-order valence-electron chi connectivity index (χ1n) is 11.5. The zero-order valence-corrected chi connectivity index (χ0v) is 20.2. The number of carboxylic acids is 2. The number of ether oxygens (including phenoxy) is 1. The molecule has 1 aromatic heterocycles. The number of hydrogen-bond acceptors (Lipinski definition) is 5. The Balaban J connectivity index is 0.000000431. The first kappa shape index (κ1) is 24.9. The van der Waals surface area contributed by atoms with Crippen LogP contribution in [0, 0.1) is 0 Å². The van der Waals surface area contributed by atoms with Crippen LogP contribution in [-0.4, -0.2) is 62.8 Å². The van der Waals surface area contributed by atoms with E-state index in [0.717, 1.165) is 61.0 Å². The molecule has 2 aliphatic heterocycles. The van der Waals surface area contributed by atoms with Gasteiger partial charge in [0.15, 0.2) is 0 Å². The van der Waals surface area contributed by atoms with E-state index >= 15 is 0 Å². The first-order chi connectivity index (χ1) is 16.8. The highest BCUT2D eigenvalue weighted by molar-refractivity contribution is 6.30. The second kappa shape index (κ2) is 11.0. The molecule has 2 N–H and O–H groups in total. The molecule has 2 aliphatic rings. The number of benzene rings is 2. The van der Waals surface area contributed by atoms with Crippen molar-refractivity contribution in [2.45, 2.75) is 38.0 Å². The van der Waals surface area contributed by atoms with Crippen molar-refractivity contribution in [2.24, 2.45) is 0 Å². The summed E-state index contributed by atoms with van der Waals surface area (Å²) in [7, 11) is 2.18. The number of fused-ring (bicyclic) bond motifs is 2. The lowest BCUT2D eigenvalue weighted by molar-refractivity contribution is -0.159. The molecule has 184 valence electrons. The Morgan fingerprint density at radius 3 is 2.31 bits per heavy atom. The first-order valence-corrected chi connectivity index (χ1v) is 11.9. The Bertz CT molecular complexity index is 1170. The summed E-state index contributed by atoms with van der Waals surface area (Å²) >= 11 is 6.07. The van der Waals surface area contributed by atoms with Crippen LogP contribution < -0.4 is 0 Å². The fourth-order valence-corrected chi connectivity index (χ4v) is 4.55. The van der Waals surface area contributed by atoms with Gasteiger partial charge in [-0.15, -0.1) is 0 Å². The number of nitrogens with zero attached hydrogens (tertiary/aromatic N) is 3. The van der Waals surface area contributed by atoms with E-state index in [9.17, 15) is 0 Å². The fraction of sp³-hybridized carbons (Fsp3) is 0.346. The zero-order chi connectivity index (χ0) is 24.9. The highest BCUT2D eigenvalue weighted by Gasteiger charge is 2.30. The van der Waals surface area contributed by atoms with Crippen LogP contribution in [-0.2, 0) is 27.3 Å². The molecular weight excluding hydrogens is 470 g/mol. The second-order valence-corrected chi connectivity index (χ2v) is 9.20. The third-order valence-corrected chi connectivity index (χ3v) is 6.57. The number of carbonyl (C=O) groups is 2. The lowest BCUT2D eigenvalue weighted by Crippen LogP contribution is -2.35. The average Bonchev–Trinajstić information content (AvgIpc) is 3.21. The number of aromatic nitrogens is 2. The van der Waals surface area contributed by atoms with Gasteiger partial charge < -0.3 is 24.4 Å². The van der Waals surface area contributed by atoms with Crippen LogP contribution in [0.4, 0.5) is 0 Å². The van der Waals surface area contributed by atoms with E-state index in [2.05, 4.69) is 47.0 Å². The molecule has 35 heavy (non-hydrogen) atoms. The summed E-state index contributed by atoms with van der Waals surface area (Å²) in [5.41, 5.74) is 4.69. The maximum Gasteiger partial charge on any atom is 0.414 e. The van der Waals surface area contributed by atoms with Crippen LogP contribution in [0.2, 0.25) is 5.02 Å². The molecule has 1 atom stereocenters. The van der Waals surface area contributed by atoms with Crippen molar-refractivity contribution in [3.63, 3.8) is 0 Å². The summed E-state index contributed by atoms with van der Waals surface area (Å²) in [5.74, 6) is -2.64. The van der Waals surface area contributed by atoms with Crippen LogP contribution in [0.25, 0.3) is 11.3 Å². The summed E-state index contributed by atoms with van der Waals surface area (Å²) in [6.07, 6.45) is 5.44. The predicted octanol–water partition coefficient (Wildman–Crippen LogP) is 4.12. The lowest BCUT2D eigenvalue weighted by atomic mass is 10.00. The molecule has 1 fully saturated rings. The molecule has 3 heterocycles. The minimum Gasteiger partial charge on any atom is -0.473 e. The molecule has 0 amide bonds. The molecule has 0 saturated carbocycles. The number of likely N-dealkylation sites (tertiary alicyclic amines) is 1. The van der Waals surface area contributed by atoms with E-state index in [1.54, 1.807) is 0 Å². The summed E-state index contributed by atoms with van der Waals surface area (Å²) in [4.78, 5) is 25.6.